The van der Waals surface area contributed by atoms with E-state index in [4.69, 9.17) is 16.3 Å². The summed E-state index contributed by atoms with van der Waals surface area (Å²) in [5, 5.41) is 17.9. The Balaban J connectivity index is 1.49. The average Bonchev–Trinajstić information content (AvgIpc) is 3.29. The van der Waals surface area contributed by atoms with Crippen LogP contribution in [0.1, 0.15) is 28.2 Å². The van der Waals surface area contributed by atoms with Crippen molar-refractivity contribution in [3.8, 4) is 22.8 Å². The number of fused-ring (bicyclic) bond motifs is 1. The van der Waals surface area contributed by atoms with E-state index in [0.717, 1.165) is 22.4 Å². The van der Waals surface area contributed by atoms with Crippen molar-refractivity contribution in [1.29, 1.82) is 0 Å². The van der Waals surface area contributed by atoms with E-state index in [0.29, 0.717) is 49.9 Å². The van der Waals surface area contributed by atoms with Gasteiger partial charge in [-0.05, 0) is 56.3 Å². The first kappa shape index (κ1) is 26.2. The highest BCUT2D eigenvalue weighted by atomic mass is 35.5. The Kier molecular flexibility index (Phi) is 6.77. The Labute approximate surface area is 224 Å². The van der Waals surface area contributed by atoms with E-state index in [9.17, 15) is 23.1 Å². The van der Waals surface area contributed by atoms with Crippen LogP contribution in [0, 0.1) is 13.8 Å². The van der Waals surface area contributed by atoms with Gasteiger partial charge in [-0.15, -0.1) is 0 Å². The lowest BCUT2D eigenvalue weighted by Crippen LogP contribution is -2.29. The molecule has 200 valence electrons. The van der Waals surface area contributed by atoms with E-state index < -0.39 is 17.3 Å². The molecular weight excluding hydrogens is 535 g/mol. The molecule has 5 aromatic rings. The minimum Gasteiger partial charge on any atom is -0.504 e. The molecule has 4 heterocycles. The summed E-state index contributed by atoms with van der Waals surface area (Å²) >= 11 is 6.50. The highest BCUT2D eigenvalue weighted by Crippen LogP contribution is 2.35. The lowest BCUT2D eigenvalue weighted by atomic mass is 10.0. The van der Waals surface area contributed by atoms with Crippen molar-refractivity contribution < 1.29 is 23.0 Å². The molecule has 5 rings (SSSR count). The van der Waals surface area contributed by atoms with Crippen LogP contribution >= 0.6 is 11.6 Å². The Morgan fingerprint density at radius 1 is 1.10 bits per heavy atom. The molecule has 0 amide bonds. The highest BCUT2D eigenvalue weighted by molar-refractivity contribution is 6.31. The third-order valence-corrected chi connectivity index (χ3v) is 6.45. The van der Waals surface area contributed by atoms with Gasteiger partial charge >= 0.3 is 6.18 Å². The number of halogens is 4. The number of aromatic amines is 1. The molecule has 0 aliphatic rings. The van der Waals surface area contributed by atoms with Crippen LogP contribution in [0.4, 0.5) is 13.2 Å². The zero-order chi connectivity index (χ0) is 27.9. The van der Waals surface area contributed by atoms with Crippen LogP contribution in [0.2, 0.25) is 5.02 Å². The Hall–Kier alpha value is -4.38. The Bertz CT molecular complexity index is 1760. The summed E-state index contributed by atoms with van der Waals surface area (Å²) in [4.78, 5) is 21.5. The zero-order valence-corrected chi connectivity index (χ0v) is 21.4. The second kappa shape index (κ2) is 10.1. The maximum atomic E-state index is 13.3. The van der Waals surface area contributed by atoms with Crippen LogP contribution in [0.15, 0.2) is 59.7 Å². The Morgan fingerprint density at radius 3 is 2.59 bits per heavy atom. The van der Waals surface area contributed by atoms with Crippen LogP contribution in [0.5, 0.6) is 11.5 Å². The van der Waals surface area contributed by atoms with E-state index in [1.165, 1.54) is 12.4 Å². The number of hydrogen-bond donors (Lipinski definition) is 2. The molecule has 0 saturated carbocycles. The third-order valence-electron chi connectivity index (χ3n) is 6.11. The number of nitrogens with one attached hydrogen (secondary N) is 1. The number of aryl methyl sites for hydroxylation is 2. The fourth-order valence-corrected chi connectivity index (χ4v) is 4.63. The summed E-state index contributed by atoms with van der Waals surface area (Å²) in [7, 11) is 0. The number of H-pyrrole nitrogens is 1. The maximum Gasteiger partial charge on any atom is 0.421 e. The monoisotopic (exact) mass is 555 g/mol. The van der Waals surface area contributed by atoms with E-state index >= 15 is 0 Å². The van der Waals surface area contributed by atoms with E-state index in [1.807, 2.05) is 13.0 Å². The van der Waals surface area contributed by atoms with Gasteiger partial charge < -0.3 is 14.4 Å². The van der Waals surface area contributed by atoms with Crippen LogP contribution in [-0.2, 0) is 19.3 Å². The summed E-state index contributed by atoms with van der Waals surface area (Å²) in [5.74, 6) is 0.437. The Morgan fingerprint density at radius 2 is 1.87 bits per heavy atom. The van der Waals surface area contributed by atoms with Gasteiger partial charge in [0.15, 0.2) is 5.75 Å². The number of alkyl halides is 3. The molecule has 8 nitrogen and oxygen atoms in total. The molecule has 0 bridgehead atoms. The fraction of sp³-hybridized carbons (Fsp3) is 0.185. The van der Waals surface area contributed by atoms with Gasteiger partial charge in [-0.2, -0.15) is 18.3 Å². The van der Waals surface area contributed by atoms with Gasteiger partial charge in [-0.25, -0.2) is 0 Å². The summed E-state index contributed by atoms with van der Waals surface area (Å²) in [5.41, 5.74) is 1.36. The molecule has 4 aromatic heterocycles. The van der Waals surface area contributed by atoms with Crippen molar-refractivity contribution in [2.75, 3.05) is 0 Å². The SMILES string of the molecule is Cc1cc(Cl)c(COc2ccc3nc(C)cc(-c4[nH]ncc4O)c3c2)c(Cn2cccc(C(F)(F)F)c2=O)n1. The van der Waals surface area contributed by atoms with E-state index in [1.54, 1.807) is 31.2 Å². The topological polar surface area (TPSA) is 106 Å². The molecule has 0 aliphatic heterocycles. The van der Waals surface area contributed by atoms with Gasteiger partial charge in [-0.3, -0.25) is 19.9 Å². The predicted molar refractivity (Wildman–Crippen MR) is 139 cm³/mol. The minimum absolute atomic E-state index is 0.0137. The first-order valence-corrected chi connectivity index (χ1v) is 12.1. The number of rotatable bonds is 6. The second-order valence-corrected chi connectivity index (χ2v) is 9.34. The average molecular weight is 556 g/mol. The van der Waals surface area contributed by atoms with E-state index in [-0.39, 0.29) is 18.9 Å². The summed E-state index contributed by atoms with van der Waals surface area (Å²) < 4.78 is 46.8. The number of benzene rings is 1. The number of hydrogen-bond acceptors (Lipinski definition) is 6. The van der Waals surface area contributed by atoms with Crippen molar-refractivity contribution in [2.45, 2.75) is 33.2 Å². The lowest BCUT2D eigenvalue weighted by Gasteiger charge is -2.16. The molecule has 0 atom stereocenters. The number of ether oxygens (including phenoxy) is 1. The second-order valence-electron chi connectivity index (χ2n) is 8.93. The molecule has 0 fully saturated rings. The van der Waals surface area contributed by atoms with Gasteiger partial charge in [0, 0.05) is 34.1 Å². The van der Waals surface area contributed by atoms with Crippen molar-refractivity contribution in [3.63, 3.8) is 0 Å². The van der Waals surface area contributed by atoms with Crippen molar-refractivity contribution >= 4 is 22.5 Å². The lowest BCUT2D eigenvalue weighted by molar-refractivity contribution is -0.138. The normalized spacial score (nSPS) is 11.7. The van der Waals surface area contributed by atoms with E-state index in [2.05, 4.69) is 20.2 Å². The largest absolute Gasteiger partial charge is 0.504 e. The van der Waals surface area contributed by atoms with Crippen LogP contribution in [0.3, 0.4) is 0 Å². The van der Waals surface area contributed by atoms with Crippen LogP contribution < -0.4 is 10.3 Å². The van der Waals surface area contributed by atoms with Gasteiger partial charge in [0.25, 0.3) is 5.56 Å². The standard InChI is InChI=1S/C27H21ClF3N5O3/c1-14-8-18(25-24(37)11-32-35-25)17-10-16(5-6-22(17)33-14)39-13-19-21(28)9-15(2)34-23(19)12-36-7-3-4-20(26(36)38)27(29,30)31/h3-11,37H,12-13H2,1-2H3,(H,32,35). The summed E-state index contributed by atoms with van der Waals surface area (Å²) in [6.07, 6.45) is -2.20. The van der Waals surface area contributed by atoms with Crippen LogP contribution in [-0.4, -0.2) is 29.8 Å². The molecule has 0 saturated heterocycles. The van der Waals surface area contributed by atoms with Gasteiger partial charge in [-0.1, -0.05) is 11.6 Å². The molecular formula is C27H21ClF3N5O3. The first-order valence-electron chi connectivity index (χ1n) is 11.7. The molecule has 2 N–H and O–H groups in total. The number of nitrogens with zero attached hydrogens (tertiary/aromatic N) is 4. The fourth-order valence-electron chi connectivity index (χ4n) is 4.31. The highest BCUT2D eigenvalue weighted by Gasteiger charge is 2.34. The van der Waals surface area contributed by atoms with Gasteiger partial charge in [0.2, 0.25) is 0 Å². The van der Waals surface area contributed by atoms with Gasteiger partial charge in [0.05, 0.1) is 29.0 Å². The zero-order valence-electron chi connectivity index (χ0n) is 20.7. The van der Waals surface area contributed by atoms with Gasteiger partial charge in [0.1, 0.15) is 23.6 Å². The molecule has 0 unspecified atom stereocenters. The van der Waals surface area contributed by atoms with Crippen molar-refractivity contribution in [2.24, 2.45) is 0 Å². The van der Waals surface area contributed by atoms with Crippen molar-refractivity contribution in [3.05, 3.63) is 98.4 Å². The molecule has 0 radical (unpaired) electrons. The summed E-state index contributed by atoms with van der Waals surface area (Å²) in [6, 6.07) is 10.6. The number of pyridine rings is 3. The van der Waals surface area contributed by atoms with Crippen molar-refractivity contribution in [1.82, 2.24) is 24.7 Å². The summed E-state index contributed by atoms with van der Waals surface area (Å²) in [6.45, 7) is 3.24. The smallest absolute Gasteiger partial charge is 0.421 e. The molecule has 12 heteroatoms. The molecule has 0 aliphatic carbocycles. The number of aromatic nitrogens is 5. The first-order chi connectivity index (χ1) is 18.5. The molecule has 39 heavy (non-hydrogen) atoms. The maximum absolute atomic E-state index is 13.3. The minimum atomic E-state index is -4.78. The van der Waals surface area contributed by atoms with Crippen LogP contribution in [0.25, 0.3) is 22.2 Å². The molecule has 0 spiro atoms. The third kappa shape index (κ3) is 5.30. The molecule has 1 aromatic carbocycles. The quantitative estimate of drug-likeness (QED) is 0.274. The predicted octanol–water partition coefficient (Wildman–Crippen LogP) is 5.80. The number of aromatic hydroxyl groups is 1.